The maximum Gasteiger partial charge on any atom is 0.0731 e. The highest BCUT2D eigenvalue weighted by Gasteiger charge is 2.39. The van der Waals surface area contributed by atoms with E-state index in [0.29, 0.717) is 24.7 Å². The third kappa shape index (κ3) is 2.75. The summed E-state index contributed by atoms with van der Waals surface area (Å²) in [6.07, 6.45) is 4.18. The average Bonchev–Trinajstić information content (AvgIpc) is 2.94. The highest BCUT2D eigenvalue weighted by molar-refractivity contribution is 5.38. The molecule has 1 aliphatic heterocycles. The lowest BCUT2D eigenvalue weighted by Gasteiger charge is -2.43. The Hall–Kier alpha value is -0.900. The number of ether oxygens (including phenoxy) is 1. The smallest absolute Gasteiger partial charge is 0.0731 e. The third-order valence-corrected chi connectivity index (χ3v) is 5.39. The molecular weight excluding hydrogens is 260 g/mol. The minimum Gasteiger partial charge on any atom is -0.375 e. The fraction of sp³-hybridized carbons (Fsp3) is 0.667. The molecule has 3 heteroatoms. The molecule has 2 N–H and O–H groups in total. The van der Waals surface area contributed by atoms with E-state index in [1.165, 1.54) is 41.5 Å². The first-order valence-corrected chi connectivity index (χ1v) is 8.27. The first-order chi connectivity index (χ1) is 10.1. The summed E-state index contributed by atoms with van der Waals surface area (Å²) in [7, 11) is 0. The molecule has 1 saturated heterocycles. The van der Waals surface area contributed by atoms with Gasteiger partial charge in [-0.05, 0) is 62.3 Å². The molecule has 0 bridgehead atoms. The normalized spacial score (nSPS) is 27.6. The van der Waals surface area contributed by atoms with Crippen molar-refractivity contribution in [1.82, 2.24) is 4.90 Å². The third-order valence-electron chi connectivity index (χ3n) is 5.39. The molecule has 0 aromatic heterocycles. The van der Waals surface area contributed by atoms with E-state index < -0.39 is 0 Å². The van der Waals surface area contributed by atoms with Crippen LogP contribution in [-0.2, 0) is 4.74 Å². The van der Waals surface area contributed by atoms with E-state index in [2.05, 4.69) is 37.8 Å². The van der Waals surface area contributed by atoms with Crippen molar-refractivity contribution in [2.24, 2.45) is 5.73 Å². The van der Waals surface area contributed by atoms with Gasteiger partial charge in [-0.3, -0.25) is 4.90 Å². The van der Waals surface area contributed by atoms with Crippen LogP contribution >= 0.6 is 0 Å². The maximum absolute atomic E-state index is 6.19. The Morgan fingerprint density at radius 1 is 1.19 bits per heavy atom. The lowest BCUT2D eigenvalue weighted by molar-refractivity contribution is -0.0712. The summed E-state index contributed by atoms with van der Waals surface area (Å²) in [6.45, 7) is 9.15. The van der Waals surface area contributed by atoms with E-state index in [-0.39, 0.29) is 0 Å². The molecule has 1 aromatic carbocycles. The lowest BCUT2D eigenvalue weighted by atomic mass is 9.93. The maximum atomic E-state index is 6.19. The molecule has 3 nitrogen and oxygen atoms in total. The summed E-state index contributed by atoms with van der Waals surface area (Å²) >= 11 is 0. The number of nitrogens with zero attached hydrogens (tertiary/aromatic N) is 1. The van der Waals surface area contributed by atoms with E-state index in [9.17, 15) is 0 Å². The van der Waals surface area contributed by atoms with Crippen molar-refractivity contribution in [1.29, 1.82) is 0 Å². The number of morpholine rings is 1. The number of hydrogen-bond acceptors (Lipinski definition) is 3. The molecule has 0 radical (unpaired) electrons. The van der Waals surface area contributed by atoms with Crippen LogP contribution in [0.4, 0.5) is 0 Å². The molecule has 3 unspecified atom stereocenters. The fourth-order valence-electron chi connectivity index (χ4n) is 4.13. The van der Waals surface area contributed by atoms with Crippen LogP contribution in [0, 0.1) is 20.8 Å². The van der Waals surface area contributed by atoms with Crippen molar-refractivity contribution in [3.05, 3.63) is 34.4 Å². The van der Waals surface area contributed by atoms with Crippen molar-refractivity contribution in [2.45, 2.75) is 58.2 Å². The van der Waals surface area contributed by atoms with Crippen molar-refractivity contribution in [3.8, 4) is 0 Å². The Kier molecular flexibility index (Phi) is 4.34. The number of aryl methyl sites for hydroxylation is 3. The Balaban J connectivity index is 1.92. The predicted octanol–water partition coefficient (Wildman–Crippen LogP) is 2.86. The second-order valence-electron chi connectivity index (χ2n) is 6.69. The fourth-order valence-corrected chi connectivity index (χ4v) is 4.13. The molecule has 2 aliphatic rings. The van der Waals surface area contributed by atoms with Crippen LogP contribution in [0.2, 0.25) is 0 Å². The van der Waals surface area contributed by atoms with Gasteiger partial charge < -0.3 is 10.5 Å². The van der Waals surface area contributed by atoms with E-state index in [1.54, 1.807) is 0 Å². The number of fused-ring (bicyclic) bond motifs is 1. The molecule has 1 saturated carbocycles. The van der Waals surface area contributed by atoms with Crippen LogP contribution in [0.25, 0.3) is 0 Å². The second kappa shape index (κ2) is 6.07. The summed E-state index contributed by atoms with van der Waals surface area (Å²) in [5.41, 5.74) is 11.7. The zero-order valence-electron chi connectivity index (χ0n) is 13.6. The Morgan fingerprint density at radius 3 is 2.71 bits per heavy atom. The lowest BCUT2D eigenvalue weighted by Crippen LogP contribution is -2.51. The molecule has 1 aliphatic carbocycles. The number of benzene rings is 1. The highest BCUT2D eigenvalue weighted by atomic mass is 16.5. The van der Waals surface area contributed by atoms with E-state index in [4.69, 9.17) is 10.5 Å². The zero-order valence-corrected chi connectivity index (χ0v) is 13.6. The van der Waals surface area contributed by atoms with Crippen LogP contribution in [0.3, 0.4) is 0 Å². The highest BCUT2D eigenvalue weighted by Crippen LogP contribution is 2.36. The monoisotopic (exact) mass is 288 g/mol. The van der Waals surface area contributed by atoms with Crippen molar-refractivity contribution in [2.75, 3.05) is 19.7 Å². The van der Waals surface area contributed by atoms with Crippen LogP contribution in [0.15, 0.2) is 12.1 Å². The van der Waals surface area contributed by atoms with Gasteiger partial charge in [0.05, 0.1) is 12.7 Å². The van der Waals surface area contributed by atoms with Gasteiger partial charge in [-0.25, -0.2) is 0 Å². The van der Waals surface area contributed by atoms with Gasteiger partial charge in [0.1, 0.15) is 0 Å². The molecular formula is C18H28N2O. The van der Waals surface area contributed by atoms with Crippen LogP contribution < -0.4 is 5.73 Å². The van der Waals surface area contributed by atoms with Gasteiger partial charge in [0.15, 0.2) is 0 Å². The van der Waals surface area contributed by atoms with Crippen molar-refractivity contribution in [3.63, 3.8) is 0 Å². The summed E-state index contributed by atoms with van der Waals surface area (Å²) in [5.74, 6) is 0. The Bertz CT molecular complexity index is 514. The zero-order chi connectivity index (χ0) is 15.0. The topological polar surface area (TPSA) is 38.5 Å². The molecule has 1 heterocycles. The predicted molar refractivity (Wildman–Crippen MR) is 86.5 cm³/mol. The minimum absolute atomic E-state index is 0.332. The summed E-state index contributed by atoms with van der Waals surface area (Å²) < 4.78 is 5.95. The molecule has 3 atom stereocenters. The van der Waals surface area contributed by atoms with Gasteiger partial charge in [0, 0.05) is 25.2 Å². The molecule has 0 amide bonds. The van der Waals surface area contributed by atoms with Crippen molar-refractivity contribution < 1.29 is 4.74 Å². The molecule has 0 spiro atoms. The van der Waals surface area contributed by atoms with Crippen LogP contribution in [-0.4, -0.2) is 36.7 Å². The first kappa shape index (κ1) is 15.0. The first-order valence-electron chi connectivity index (χ1n) is 8.27. The van der Waals surface area contributed by atoms with Crippen LogP contribution in [0.5, 0.6) is 0 Å². The molecule has 2 fully saturated rings. The van der Waals surface area contributed by atoms with Gasteiger partial charge in [-0.2, -0.15) is 0 Å². The second-order valence-corrected chi connectivity index (χ2v) is 6.69. The minimum atomic E-state index is 0.332. The Labute approximate surface area is 128 Å². The number of rotatable bonds is 3. The van der Waals surface area contributed by atoms with E-state index in [1.807, 2.05) is 0 Å². The van der Waals surface area contributed by atoms with Crippen molar-refractivity contribution >= 4 is 0 Å². The average molecular weight is 288 g/mol. The quantitative estimate of drug-likeness (QED) is 0.929. The standard InChI is InChI=1S/C18H28N2O/c1-12-9-14(3)15(10-13(12)2)17(11-19)20-7-8-21-18-6-4-5-16(18)20/h9-10,16-18H,4-8,11,19H2,1-3H3. The SMILES string of the molecule is Cc1cc(C)c(C(CN)N2CCOC3CCCC32)cc1C. The number of hydrogen-bond donors (Lipinski definition) is 1. The summed E-state index contributed by atoms with van der Waals surface area (Å²) in [5, 5.41) is 0. The van der Waals surface area contributed by atoms with Gasteiger partial charge in [-0.15, -0.1) is 0 Å². The number of nitrogens with two attached hydrogens (primary N) is 1. The van der Waals surface area contributed by atoms with Crippen LogP contribution in [0.1, 0.15) is 47.6 Å². The Morgan fingerprint density at radius 2 is 1.95 bits per heavy atom. The van der Waals surface area contributed by atoms with Gasteiger partial charge in [0.25, 0.3) is 0 Å². The molecule has 3 rings (SSSR count). The summed E-state index contributed by atoms with van der Waals surface area (Å²) in [4.78, 5) is 2.62. The van der Waals surface area contributed by atoms with E-state index in [0.717, 1.165) is 13.2 Å². The summed E-state index contributed by atoms with van der Waals surface area (Å²) in [6, 6.07) is 5.55. The van der Waals surface area contributed by atoms with Gasteiger partial charge in [-0.1, -0.05) is 12.1 Å². The van der Waals surface area contributed by atoms with E-state index >= 15 is 0 Å². The molecule has 116 valence electrons. The van der Waals surface area contributed by atoms with Gasteiger partial charge in [0.2, 0.25) is 0 Å². The molecule has 1 aromatic rings. The largest absolute Gasteiger partial charge is 0.375 e. The molecule has 21 heavy (non-hydrogen) atoms. The van der Waals surface area contributed by atoms with Gasteiger partial charge >= 0.3 is 0 Å².